The predicted octanol–water partition coefficient (Wildman–Crippen LogP) is 2.70. The van der Waals surface area contributed by atoms with Crippen LogP contribution >= 0.6 is 11.8 Å². The van der Waals surface area contributed by atoms with E-state index in [0.29, 0.717) is 13.2 Å². The third-order valence-corrected chi connectivity index (χ3v) is 4.85. The lowest BCUT2D eigenvalue weighted by atomic mass is 10.0. The molecular weight excluding hydrogens is 286 g/mol. The summed E-state index contributed by atoms with van der Waals surface area (Å²) in [6.45, 7) is 5.04. The monoisotopic (exact) mass is 309 g/mol. The quantitative estimate of drug-likeness (QED) is 0.847. The van der Waals surface area contributed by atoms with Crippen molar-refractivity contribution < 1.29 is 14.2 Å². The SMILES string of the molecule is CSc1cc2c(cc1CNCC1CCOCC1)OCCO2. The molecule has 1 fully saturated rings. The molecule has 3 rings (SSSR count). The number of fused-ring (bicyclic) bond motifs is 1. The van der Waals surface area contributed by atoms with Crippen molar-refractivity contribution in [3.63, 3.8) is 0 Å². The summed E-state index contributed by atoms with van der Waals surface area (Å²) in [5.41, 5.74) is 1.29. The highest BCUT2D eigenvalue weighted by Gasteiger charge is 2.16. The zero-order valence-electron chi connectivity index (χ0n) is 12.5. The summed E-state index contributed by atoms with van der Waals surface area (Å²) in [6, 6.07) is 4.22. The molecule has 1 aromatic carbocycles. The third kappa shape index (κ3) is 3.84. The second-order valence-corrected chi connectivity index (χ2v) is 6.34. The van der Waals surface area contributed by atoms with Gasteiger partial charge < -0.3 is 19.5 Å². The van der Waals surface area contributed by atoms with E-state index in [9.17, 15) is 0 Å². The van der Waals surface area contributed by atoms with Crippen LogP contribution in [0.3, 0.4) is 0 Å². The minimum atomic E-state index is 0.639. The molecule has 0 spiro atoms. The van der Waals surface area contributed by atoms with E-state index in [1.165, 1.54) is 23.3 Å². The van der Waals surface area contributed by atoms with Crippen LogP contribution < -0.4 is 14.8 Å². The fraction of sp³-hybridized carbons (Fsp3) is 0.625. The van der Waals surface area contributed by atoms with Crippen molar-refractivity contribution in [2.75, 3.05) is 39.2 Å². The molecule has 116 valence electrons. The van der Waals surface area contributed by atoms with E-state index < -0.39 is 0 Å². The number of rotatable bonds is 5. The van der Waals surface area contributed by atoms with Gasteiger partial charge in [0.15, 0.2) is 11.5 Å². The van der Waals surface area contributed by atoms with E-state index in [4.69, 9.17) is 14.2 Å². The molecule has 0 aromatic heterocycles. The van der Waals surface area contributed by atoms with Crippen molar-refractivity contribution in [2.24, 2.45) is 5.92 Å². The summed E-state index contributed by atoms with van der Waals surface area (Å²) in [7, 11) is 0. The molecule has 0 aliphatic carbocycles. The maximum Gasteiger partial charge on any atom is 0.162 e. The summed E-state index contributed by atoms with van der Waals surface area (Å²) in [5.74, 6) is 2.49. The van der Waals surface area contributed by atoms with Crippen LogP contribution in [-0.2, 0) is 11.3 Å². The van der Waals surface area contributed by atoms with Crippen molar-refractivity contribution in [2.45, 2.75) is 24.3 Å². The normalized spacial score (nSPS) is 18.7. The van der Waals surface area contributed by atoms with E-state index in [1.54, 1.807) is 11.8 Å². The standard InChI is InChI=1S/C16H23NO3S/c1-21-16-9-15-14(19-6-7-20-15)8-13(16)11-17-10-12-2-4-18-5-3-12/h8-9,12,17H,2-7,10-11H2,1H3. The number of nitrogens with one attached hydrogen (secondary N) is 1. The van der Waals surface area contributed by atoms with Gasteiger partial charge in [-0.2, -0.15) is 0 Å². The Morgan fingerprint density at radius 1 is 1.10 bits per heavy atom. The van der Waals surface area contributed by atoms with Crippen molar-refractivity contribution in [1.29, 1.82) is 0 Å². The van der Waals surface area contributed by atoms with Crippen LogP contribution in [0.4, 0.5) is 0 Å². The average Bonchev–Trinajstić information content (AvgIpc) is 2.55. The van der Waals surface area contributed by atoms with Gasteiger partial charge in [-0.25, -0.2) is 0 Å². The molecule has 4 nitrogen and oxygen atoms in total. The Morgan fingerprint density at radius 2 is 1.81 bits per heavy atom. The van der Waals surface area contributed by atoms with Gasteiger partial charge in [0.1, 0.15) is 13.2 Å². The zero-order valence-corrected chi connectivity index (χ0v) is 13.3. The topological polar surface area (TPSA) is 39.7 Å². The van der Waals surface area contributed by atoms with E-state index in [0.717, 1.165) is 43.7 Å². The first kappa shape index (κ1) is 15.0. The summed E-state index contributed by atoms with van der Waals surface area (Å²) in [4.78, 5) is 1.26. The zero-order chi connectivity index (χ0) is 14.5. The minimum absolute atomic E-state index is 0.639. The molecule has 21 heavy (non-hydrogen) atoms. The number of hydrogen-bond donors (Lipinski definition) is 1. The van der Waals surface area contributed by atoms with Crippen LogP contribution in [0.1, 0.15) is 18.4 Å². The molecule has 0 atom stereocenters. The van der Waals surface area contributed by atoms with Crippen LogP contribution in [0.15, 0.2) is 17.0 Å². The molecule has 2 heterocycles. The number of thioether (sulfide) groups is 1. The first-order chi connectivity index (χ1) is 10.4. The van der Waals surface area contributed by atoms with E-state index in [-0.39, 0.29) is 0 Å². The molecule has 0 amide bonds. The molecule has 1 N–H and O–H groups in total. The van der Waals surface area contributed by atoms with Crippen molar-refractivity contribution >= 4 is 11.8 Å². The Morgan fingerprint density at radius 3 is 2.52 bits per heavy atom. The highest BCUT2D eigenvalue weighted by Crippen LogP contribution is 2.36. The maximum absolute atomic E-state index is 5.68. The van der Waals surface area contributed by atoms with Gasteiger partial charge in [0, 0.05) is 24.7 Å². The van der Waals surface area contributed by atoms with Gasteiger partial charge in [-0.3, -0.25) is 0 Å². The lowest BCUT2D eigenvalue weighted by molar-refractivity contribution is 0.0662. The largest absolute Gasteiger partial charge is 0.486 e. The number of benzene rings is 1. The Hall–Kier alpha value is -0.910. The first-order valence-corrected chi connectivity index (χ1v) is 8.84. The molecule has 5 heteroatoms. The number of ether oxygens (including phenoxy) is 3. The molecule has 2 aliphatic rings. The smallest absolute Gasteiger partial charge is 0.162 e. The Labute approximate surface area is 130 Å². The van der Waals surface area contributed by atoms with Crippen LogP contribution in [0, 0.1) is 5.92 Å². The average molecular weight is 309 g/mol. The maximum atomic E-state index is 5.68. The van der Waals surface area contributed by atoms with Crippen molar-refractivity contribution in [3.05, 3.63) is 17.7 Å². The minimum Gasteiger partial charge on any atom is -0.486 e. The van der Waals surface area contributed by atoms with Crippen molar-refractivity contribution in [3.8, 4) is 11.5 Å². The predicted molar refractivity (Wildman–Crippen MR) is 84.5 cm³/mol. The van der Waals surface area contributed by atoms with Crippen molar-refractivity contribution in [1.82, 2.24) is 5.32 Å². The fourth-order valence-electron chi connectivity index (χ4n) is 2.80. The van der Waals surface area contributed by atoms with E-state index in [1.807, 2.05) is 0 Å². The summed E-state index contributed by atoms with van der Waals surface area (Å²) < 4.78 is 16.7. The molecule has 2 aliphatic heterocycles. The van der Waals surface area contributed by atoms with Gasteiger partial charge in [0.2, 0.25) is 0 Å². The van der Waals surface area contributed by atoms with Crippen LogP contribution in [0.5, 0.6) is 11.5 Å². The fourth-order valence-corrected chi connectivity index (χ4v) is 3.42. The molecule has 0 saturated carbocycles. The van der Waals surface area contributed by atoms with Gasteiger partial charge in [-0.15, -0.1) is 11.8 Å². The Bertz CT molecular complexity index is 475. The van der Waals surface area contributed by atoms with E-state index >= 15 is 0 Å². The molecular formula is C16H23NO3S. The highest BCUT2D eigenvalue weighted by atomic mass is 32.2. The Balaban J connectivity index is 1.61. The van der Waals surface area contributed by atoms with Gasteiger partial charge in [0.25, 0.3) is 0 Å². The van der Waals surface area contributed by atoms with Gasteiger partial charge in [0.05, 0.1) is 0 Å². The second kappa shape index (κ2) is 7.38. The summed E-state index contributed by atoms with van der Waals surface area (Å²) in [5, 5.41) is 3.59. The highest BCUT2D eigenvalue weighted by molar-refractivity contribution is 7.98. The van der Waals surface area contributed by atoms with Gasteiger partial charge in [-0.05, 0) is 49.3 Å². The van der Waals surface area contributed by atoms with Gasteiger partial charge >= 0.3 is 0 Å². The Kier molecular flexibility index (Phi) is 5.27. The number of hydrogen-bond acceptors (Lipinski definition) is 5. The lowest BCUT2D eigenvalue weighted by Crippen LogP contribution is -2.27. The van der Waals surface area contributed by atoms with Crippen LogP contribution in [0.25, 0.3) is 0 Å². The molecule has 0 radical (unpaired) electrons. The van der Waals surface area contributed by atoms with Crippen LogP contribution in [-0.4, -0.2) is 39.2 Å². The summed E-state index contributed by atoms with van der Waals surface area (Å²) >= 11 is 1.76. The molecule has 0 bridgehead atoms. The van der Waals surface area contributed by atoms with E-state index in [2.05, 4.69) is 23.7 Å². The van der Waals surface area contributed by atoms with Crippen LogP contribution in [0.2, 0.25) is 0 Å². The lowest BCUT2D eigenvalue weighted by Gasteiger charge is -2.23. The molecule has 1 aromatic rings. The second-order valence-electron chi connectivity index (χ2n) is 5.49. The third-order valence-electron chi connectivity index (χ3n) is 4.03. The van der Waals surface area contributed by atoms with Gasteiger partial charge in [-0.1, -0.05) is 0 Å². The first-order valence-electron chi connectivity index (χ1n) is 7.62. The summed E-state index contributed by atoms with van der Waals surface area (Å²) in [6.07, 6.45) is 4.44. The molecule has 1 saturated heterocycles. The molecule has 0 unspecified atom stereocenters.